The molecule has 0 atom stereocenters. The van der Waals surface area contributed by atoms with Crippen LogP contribution in [0.25, 0.3) is 0 Å². The lowest BCUT2D eigenvalue weighted by Gasteiger charge is -2.05. The second kappa shape index (κ2) is 4.40. The molecule has 15 heavy (non-hydrogen) atoms. The molecule has 1 heterocycles. The predicted octanol–water partition coefficient (Wildman–Crippen LogP) is 3.78. The Balaban J connectivity index is 2.25. The number of rotatable bonds is 2. The molecule has 2 rings (SSSR count). The van der Waals surface area contributed by atoms with Crippen LogP contribution >= 0.6 is 15.9 Å². The van der Waals surface area contributed by atoms with Crippen LogP contribution < -0.4 is 4.74 Å². The molecule has 0 unspecified atom stereocenters. The van der Waals surface area contributed by atoms with Crippen LogP contribution in [0.4, 0.5) is 4.39 Å². The Labute approximate surface area is 94.9 Å². The molecule has 0 saturated heterocycles. The van der Waals surface area contributed by atoms with Crippen LogP contribution in [0.1, 0.15) is 0 Å². The van der Waals surface area contributed by atoms with Gasteiger partial charge in [-0.05, 0) is 30.3 Å². The minimum absolute atomic E-state index is 0.199. The first kappa shape index (κ1) is 10.1. The Morgan fingerprint density at radius 2 is 1.87 bits per heavy atom. The number of ether oxygens (including phenoxy) is 1. The summed E-state index contributed by atoms with van der Waals surface area (Å²) in [5.41, 5.74) is 0. The van der Waals surface area contributed by atoms with E-state index in [0.717, 1.165) is 0 Å². The van der Waals surface area contributed by atoms with Crippen LogP contribution in [0.5, 0.6) is 11.5 Å². The first-order valence-corrected chi connectivity index (χ1v) is 5.08. The van der Waals surface area contributed by atoms with Crippen LogP contribution in [-0.2, 0) is 0 Å². The maximum absolute atomic E-state index is 13.4. The predicted molar refractivity (Wildman–Crippen MR) is 58.4 cm³/mol. The molecule has 1 aromatic carbocycles. The fourth-order valence-electron chi connectivity index (χ4n) is 1.09. The minimum atomic E-state index is -0.402. The van der Waals surface area contributed by atoms with Gasteiger partial charge in [-0.25, -0.2) is 4.39 Å². The zero-order valence-electron chi connectivity index (χ0n) is 7.65. The first-order valence-electron chi connectivity index (χ1n) is 4.28. The molecule has 0 N–H and O–H groups in total. The SMILES string of the molecule is Fc1cc(Br)ccc1Oc1ccncc1. The maximum Gasteiger partial charge on any atom is 0.166 e. The van der Waals surface area contributed by atoms with E-state index < -0.39 is 5.82 Å². The topological polar surface area (TPSA) is 22.1 Å². The molecule has 0 saturated carbocycles. The van der Waals surface area contributed by atoms with Crippen LogP contribution in [-0.4, -0.2) is 4.98 Å². The summed E-state index contributed by atoms with van der Waals surface area (Å²) in [6, 6.07) is 7.99. The fraction of sp³-hybridized carbons (Fsp3) is 0. The number of nitrogens with zero attached hydrogens (tertiary/aromatic N) is 1. The summed E-state index contributed by atoms with van der Waals surface area (Å²) < 4.78 is 19.4. The van der Waals surface area contributed by atoms with Gasteiger partial charge in [0.05, 0.1) is 0 Å². The van der Waals surface area contributed by atoms with E-state index in [0.29, 0.717) is 10.2 Å². The molecule has 76 valence electrons. The van der Waals surface area contributed by atoms with Gasteiger partial charge in [0.2, 0.25) is 0 Å². The van der Waals surface area contributed by atoms with E-state index >= 15 is 0 Å². The molecule has 0 fully saturated rings. The van der Waals surface area contributed by atoms with Gasteiger partial charge < -0.3 is 4.74 Å². The van der Waals surface area contributed by atoms with Crippen molar-refractivity contribution in [2.45, 2.75) is 0 Å². The molecule has 0 amide bonds. The monoisotopic (exact) mass is 267 g/mol. The molecular formula is C11H7BrFNO. The first-order chi connectivity index (χ1) is 7.25. The van der Waals surface area contributed by atoms with E-state index in [4.69, 9.17) is 4.74 Å². The highest BCUT2D eigenvalue weighted by Gasteiger charge is 2.04. The zero-order valence-corrected chi connectivity index (χ0v) is 9.24. The van der Waals surface area contributed by atoms with Crippen molar-refractivity contribution in [1.82, 2.24) is 4.98 Å². The Kier molecular flexibility index (Phi) is 2.97. The molecular weight excluding hydrogens is 261 g/mol. The van der Waals surface area contributed by atoms with Crippen molar-refractivity contribution in [3.63, 3.8) is 0 Å². The van der Waals surface area contributed by atoms with Gasteiger partial charge in [0, 0.05) is 16.9 Å². The minimum Gasteiger partial charge on any atom is -0.454 e. The highest BCUT2D eigenvalue weighted by atomic mass is 79.9. The summed E-state index contributed by atoms with van der Waals surface area (Å²) in [5.74, 6) is 0.358. The average molecular weight is 268 g/mol. The van der Waals surface area contributed by atoms with Gasteiger partial charge in [-0.1, -0.05) is 15.9 Å². The molecule has 0 bridgehead atoms. The number of benzene rings is 1. The summed E-state index contributed by atoms with van der Waals surface area (Å²) in [4.78, 5) is 3.84. The summed E-state index contributed by atoms with van der Waals surface area (Å²) >= 11 is 3.18. The third kappa shape index (κ3) is 2.53. The number of aromatic nitrogens is 1. The molecule has 0 radical (unpaired) electrons. The Morgan fingerprint density at radius 3 is 2.53 bits per heavy atom. The molecule has 0 aliphatic heterocycles. The van der Waals surface area contributed by atoms with E-state index in [-0.39, 0.29) is 5.75 Å². The van der Waals surface area contributed by atoms with Crippen molar-refractivity contribution in [2.24, 2.45) is 0 Å². The molecule has 0 aliphatic carbocycles. The molecule has 2 nitrogen and oxygen atoms in total. The fourth-order valence-corrected chi connectivity index (χ4v) is 1.42. The smallest absolute Gasteiger partial charge is 0.166 e. The summed E-state index contributed by atoms with van der Waals surface area (Å²) in [6.07, 6.45) is 3.18. The van der Waals surface area contributed by atoms with Crippen LogP contribution in [0.15, 0.2) is 47.2 Å². The van der Waals surface area contributed by atoms with Crippen LogP contribution in [0.3, 0.4) is 0 Å². The van der Waals surface area contributed by atoms with Gasteiger partial charge in [0.1, 0.15) is 5.75 Å². The maximum atomic E-state index is 13.4. The van der Waals surface area contributed by atoms with Crippen molar-refractivity contribution in [3.8, 4) is 11.5 Å². The molecule has 0 spiro atoms. The van der Waals surface area contributed by atoms with E-state index in [2.05, 4.69) is 20.9 Å². The third-order valence-electron chi connectivity index (χ3n) is 1.77. The third-order valence-corrected chi connectivity index (χ3v) is 2.26. The second-order valence-corrected chi connectivity index (χ2v) is 3.78. The van der Waals surface area contributed by atoms with Crippen LogP contribution in [0.2, 0.25) is 0 Å². The molecule has 1 aromatic heterocycles. The number of pyridine rings is 1. The van der Waals surface area contributed by atoms with Gasteiger partial charge in [0.15, 0.2) is 11.6 Å². The number of hydrogen-bond acceptors (Lipinski definition) is 2. The lowest BCUT2D eigenvalue weighted by molar-refractivity contribution is 0.441. The van der Waals surface area contributed by atoms with Crippen molar-refractivity contribution in [1.29, 1.82) is 0 Å². The van der Waals surface area contributed by atoms with Gasteiger partial charge in [-0.2, -0.15) is 0 Å². The van der Waals surface area contributed by atoms with Crippen LogP contribution in [0, 0.1) is 5.82 Å². The van der Waals surface area contributed by atoms with Gasteiger partial charge in [-0.15, -0.1) is 0 Å². The van der Waals surface area contributed by atoms with Gasteiger partial charge in [0.25, 0.3) is 0 Å². The molecule has 2 aromatic rings. The van der Waals surface area contributed by atoms with Crippen molar-refractivity contribution in [2.75, 3.05) is 0 Å². The highest BCUT2D eigenvalue weighted by Crippen LogP contribution is 2.26. The van der Waals surface area contributed by atoms with E-state index in [1.54, 1.807) is 36.7 Å². The van der Waals surface area contributed by atoms with Crippen molar-refractivity contribution in [3.05, 3.63) is 53.0 Å². The van der Waals surface area contributed by atoms with E-state index in [9.17, 15) is 4.39 Å². The lowest BCUT2D eigenvalue weighted by Crippen LogP contribution is -1.88. The van der Waals surface area contributed by atoms with Crippen molar-refractivity contribution >= 4 is 15.9 Å². The standard InChI is InChI=1S/C11H7BrFNO/c12-8-1-2-11(10(13)7-8)15-9-3-5-14-6-4-9/h1-7H. The summed E-state index contributed by atoms with van der Waals surface area (Å²) in [7, 11) is 0. The number of hydrogen-bond donors (Lipinski definition) is 0. The number of halogens is 2. The zero-order chi connectivity index (χ0) is 10.7. The summed E-state index contributed by atoms with van der Waals surface area (Å²) in [5, 5.41) is 0. The largest absolute Gasteiger partial charge is 0.454 e. The van der Waals surface area contributed by atoms with Gasteiger partial charge >= 0.3 is 0 Å². The van der Waals surface area contributed by atoms with E-state index in [1.807, 2.05) is 0 Å². The Morgan fingerprint density at radius 1 is 1.13 bits per heavy atom. The summed E-state index contributed by atoms with van der Waals surface area (Å²) in [6.45, 7) is 0. The van der Waals surface area contributed by atoms with Crippen molar-refractivity contribution < 1.29 is 9.13 Å². The van der Waals surface area contributed by atoms with Gasteiger partial charge in [-0.3, -0.25) is 4.98 Å². The Bertz CT molecular complexity index is 461. The molecule has 0 aliphatic rings. The average Bonchev–Trinajstić information content (AvgIpc) is 2.24. The lowest BCUT2D eigenvalue weighted by atomic mass is 10.3. The molecule has 4 heteroatoms. The highest BCUT2D eigenvalue weighted by molar-refractivity contribution is 9.10. The normalized spacial score (nSPS) is 10.0. The van der Waals surface area contributed by atoms with E-state index in [1.165, 1.54) is 6.07 Å². The second-order valence-electron chi connectivity index (χ2n) is 2.86. The quantitative estimate of drug-likeness (QED) is 0.826. The Hall–Kier alpha value is -1.42.